The number of thioether (sulfide) groups is 1. The molecule has 1 aromatic rings. The second kappa shape index (κ2) is 11.6. The summed E-state index contributed by atoms with van der Waals surface area (Å²) < 4.78 is 5.90. The number of phenols is 1. The normalized spacial score (nSPS) is 30.8. The highest BCUT2D eigenvalue weighted by molar-refractivity contribution is 7.99. The summed E-state index contributed by atoms with van der Waals surface area (Å²) in [5.74, 6) is -9.76. The van der Waals surface area contributed by atoms with E-state index in [-0.39, 0.29) is 11.3 Å². The molecule has 7 N–H and O–H groups in total. The number of aliphatic hydroxyl groups excluding tert-OH is 3. The first kappa shape index (κ1) is 31.0. The van der Waals surface area contributed by atoms with E-state index in [0.29, 0.717) is 16.6 Å². The number of ether oxygens (including phenoxy) is 1. The highest BCUT2D eigenvalue weighted by Gasteiger charge is 2.69. The van der Waals surface area contributed by atoms with E-state index in [1.54, 1.807) is 23.9 Å². The maximum atomic E-state index is 14.5. The molecule has 2 fully saturated rings. The van der Waals surface area contributed by atoms with Gasteiger partial charge in [0.1, 0.15) is 28.9 Å². The first-order valence-electron chi connectivity index (χ1n) is 14.2. The molecule has 2 saturated carbocycles. The number of amides is 1. The summed E-state index contributed by atoms with van der Waals surface area (Å²) in [4.78, 5) is 54.8. The number of carbonyl (C=O) groups is 4. The number of fused-ring (bicyclic) bond motifs is 3. The van der Waals surface area contributed by atoms with Crippen LogP contribution in [0, 0.1) is 11.8 Å². The molecule has 0 bridgehead atoms. The number of Topliss-reactive ketones (excluding diaryl/α,β-unsaturated/α-hetero) is 2. The number of esters is 1. The highest BCUT2D eigenvalue weighted by atomic mass is 32.2. The van der Waals surface area contributed by atoms with Crippen molar-refractivity contribution in [1.29, 1.82) is 0 Å². The minimum absolute atomic E-state index is 0.0313. The lowest BCUT2D eigenvalue weighted by Crippen LogP contribution is -2.71. The van der Waals surface area contributed by atoms with Crippen molar-refractivity contribution in [2.45, 2.75) is 61.0 Å². The summed E-state index contributed by atoms with van der Waals surface area (Å²) in [6.07, 6.45) is 2.18. The molecule has 0 aliphatic heterocycles. The number of carbonyl (C=O) groups excluding carboxylic acids is 4. The van der Waals surface area contributed by atoms with Crippen molar-refractivity contribution in [1.82, 2.24) is 4.90 Å². The average Bonchev–Trinajstić information content (AvgIpc) is 3.45. The van der Waals surface area contributed by atoms with E-state index in [2.05, 4.69) is 0 Å². The number of hydrogen-bond donors (Lipinski definition) is 6. The number of aromatic hydroxyl groups is 1. The van der Waals surface area contributed by atoms with Crippen LogP contribution in [0.1, 0.15) is 49.1 Å². The molecule has 1 aromatic carbocycles. The van der Waals surface area contributed by atoms with Gasteiger partial charge < -0.3 is 36.0 Å². The summed E-state index contributed by atoms with van der Waals surface area (Å²) >= 11 is 1.65. The molecule has 4 aliphatic carbocycles. The summed E-state index contributed by atoms with van der Waals surface area (Å²) in [5.41, 5.74) is 1.49. The number of phenolic OH excluding ortho intramolecular Hbond substituents is 1. The lowest BCUT2D eigenvalue weighted by Gasteiger charge is -2.54. The Morgan fingerprint density at radius 1 is 1.14 bits per heavy atom. The van der Waals surface area contributed by atoms with Crippen molar-refractivity contribution in [3.63, 3.8) is 0 Å². The van der Waals surface area contributed by atoms with E-state index in [9.17, 15) is 44.7 Å². The van der Waals surface area contributed by atoms with Crippen LogP contribution in [0.4, 0.5) is 0 Å². The maximum Gasteiger partial charge on any atom is 0.308 e. The van der Waals surface area contributed by atoms with Crippen LogP contribution in [-0.2, 0) is 23.9 Å². The molecule has 0 saturated heterocycles. The fourth-order valence-corrected chi connectivity index (χ4v) is 8.84. The van der Waals surface area contributed by atoms with E-state index >= 15 is 0 Å². The largest absolute Gasteiger partial charge is 0.508 e. The standard InChI is InChI=1S/C30H36N2O10S/c1-32(2)23-22-26(42-17(35)10-11-33)19-15(12-43-13-6-3-4-7-13)14-8-5-9-16(34)18(14)24(36)20(19)27(38)30(22,41)28(39)21(25(23)37)29(31)40/h5,8-9,13,15,19,22-23,26,33-34,36,39,41H,3-4,6-7,10-12H2,1-2H3,(H2,31,40)/t15-,19+,22+,23+,26-,30-/m0/s1. The Hall–Kier alpha value is -3.39. The SMILES string of the molecule is CN(C)[C@H]1C(=O)C(C(N)=O)=C(O)[C@@]2(O)C(=O)C3=C(O)c4c(O)cccc4[C@H](CSC4CCCC4)[C@H]3[C@H](OC(=O)CCO)[C@@H]12. The van der Waals surface area contributed by atoms with Crippen LogP contribution >= 0.6 is 11.8 Å². The smallest absolute Gasteiger partial charge is 0.308 e. The molecular formula is C30H36N2O10S. The second-order valence-electron chi connectivity index (χ2n) is 11.8. The molecule has 0 radical (unpaired) electrons. The monoisotopic (exact) mass is 616 g/mol. The Labute approximate surface area is 252 Å². The number of hydrogen-bond acceptors (Lipinski definition) is 12. The van der Waals surface area contributed by atoms with Gasteiger partial charge in [0.05, 0.1) is 30.6 Å². The first-order chi connectivity index (χ1) is 20.4. The number of nitrogens with two attached hydrogens (primary N) is 1. The number of rotatable bonds is 8. The van der Waals surface area contributed by atoms with Gasteiger partial charge in [0.15, 0.2) is 11.4 Å². The van der Waals surface area contributed by atoms with Gasteiger partial charge in [0.25, 0.3) is 5.91 Å². The Kier molecular flexibility index (Phi) is 8.38. The maximum absolute atomic E-state index is 14.5. The molecule has 43 heavy (non-hydrogen) atoms. The van der Waals surface area contributed by atoms with Crippen LogP contribution < -0.4 is 5.73 Å². The third kappa shape index (κ3) is 4.82. The summed E-state index contributed by atoms with van der Waals surface area (Å²) in [6.45, 7) is -0.567. The predicted molar refractivity (Wildman–Crippen MR) is 155 cm³/mol. The van der Waals surface area contributed by atoms with Crippen LogP contribution in [0.2, 0.25) is 0 Å². The van der Waals surface area contributed by atoms with Crippen LogP contribution in [0.5, 0.6) is 5.75 Å². The van der Waals surface area contributed by atoms with Crippen molar-refractivity contribution in [3.8, 4) is 5.75 Å². The summed E-state index contributed by atoms with van der Waals surface area (Å²) in [6, 6.07) is 3.16. The van der Waals surface area contributed by atoms with Gasteiger partial charge in [-0.1, -0.05) is 25.0 Å². The predicted octanol–water partition coefficient (Wildman–Crippen LogP) is 1.09. The van der Waals surface area contributed by atoms with Gasteiger partial charge in [-0.15, -0.1) is 0 Å². The Morgan fingerprint density at radius 2 is 1.81 bits per heavy atom. The van der Waals surface area contributed by atoms with Crippen molar-refractivity contribution in [2.24, 2.45) is 17.6 Å². The van der Waals surface area contributed by atoms with Gasteiger partial charge in [-0.05, 0) is 38.6 Å². The van der Waals surface area contributed by atoms with Crippen LogP contribution in [0.25, 0.3) is 5.76 Å². The van der Waals surface area contributed by atoms with Crippen LogP contribution in [-0.4, -0.2) is 103 Å². The van der Waals surface area contributed by atoms with Gasteiger partial charge >= 0.3 is 5.97 Å². The van der Waals surface area contributed by atoms with Crippen LogP contribution in [0.3, 0.4) is 0 Å². The minimum Gasteiger partial charge on any atom is -0.508 e. The zero-order valence-corrected chi connectivity index (χ0v) is 24.7. The van der Waals surface area contributed by atoms with Crippen molar-refractivity contribution < 1.29 is 49.4 Å². The van der Waals surface area contributed by atoms with Gasteiger partial charge in [-0.2, -0.15) is 11.8 Å². The minimum atomic E-state index is -3.01. The van der Waals surface area contributed by atoms with Crippen molar-refractivity contribution in [3.05, 3.63) is 46.2 Å². The lowest BCUT2D eigenvalue weighted by atomic mass is 9.54. The number of primary amides is 1. The molecule has 4 aliphatic rings. The second-order valence-corrected chi connectivity index (χ2v) is 13.1. The Morgan fingerprint density at radius 3 is 2.42 bits per heavy atom. The number of nitrogens with zero attached hydrogens (tertiary/aromatic N) is 1. The fraction of sp³-hybridized carbons (Fsp3) is 0.533. The van der Waals surface area contributed by atoms with E-state index in [1.807, 2.05) is 0 Å². The summed E-state index contributed by atoms with van der Waals surface area (Å²) in [5, 5.41) is 55.6. The number of likely N-dealkylation sites (N-methyl/N-ethyl adjacent to an activating group) is 1. The molecule has 13 heteroatoms. The Balaban J connectivity index is 1.80. The number of ketones is 2. The zero-order chi connectivity index (χ0) is 31.4. The molecule has 12 nitrogen and oxygen atoms in total. The first-order valence-corrected chi connectivity index (χ1v) is 15.3. The van der Waals surface area contributed by atoms with Gasteiger partial charge in [-0.25, -0.2) is 0 Å². The summed E-state index contributed by atoms with van der Waals surface area (Å²) in [7, 11) is 2.93. The third-order valence-electron chi connectivity index (χ3n) is 9.17. The lowest BCUT2D eigenvalue weighted by molar-refractivity contribution is -0.185. The van der Waals surface area contributed by atoms with E-state index in [4.69, 9.17) is 10.5 Å². The topological polar surface area (TPSA) is 208 Å². The van der Waals surface area contributed by atoms with Gasteiger partial charge in [0.2, 0.25) is 5.78 Å². The molecular weight excluding hydrogens is 580 g/mol. The molecule has 5 rings (SSSR count). The highest BCUT2D eigenvalue weighted by Crippen LogP contribution is 2.58. The Bertz CT molecular complexity index is 1430. The molecule has 0 aromatic heterocycles. The van der Waals surface area contributed by atoms with E-state index in [0.717, 1.165) is 25.7 Å². The molecule has 0 heterocycles. The average molecular weight is 617 g/mol. The van der Waals surface area contributed by atoms with Crippen molar-refractivity contribution >= 4 is 41.0 Å². The van der Waals surface area contributed by atoms with E-state index in [1.165, 1.54) is 25.1 Å². The quantitative estimate of drug-likeness (QED) is 0.179. The van der Waals surface area contributed by atoms with Gasteiger partial charge in [-0.3, -0.25) is 24.1 Å². The number of aliphatic hydroxyl groups is 4. The molecule has 6 atom stereocenters. The molecule has 0 spiro atoms. The fourth-order valence-electron chi connectivity index (χ4n) is 7.30. The van der Waals surface area contributed by atoms with Gasteiger partial charge in [0, 0.05) is 28.4 Å². The third-order valence-corrected chi connectivity index (χ3v) is 10.7. The van der Waals surface area contributed by atoms with Crippen LogP contribution in [0.15, 0.2) is 35.1 Å². The molecule has 232 valence electrons. The number of benzene rings is 1. The van der Waals surface area contributed by atoms with E-state index < -0.39 is 94.6 Å². The molecule has 0 unspecified atom stereocenters. The zero-order valence-electron chi connectivity index (χ0n) is 23.9. The van der Waals surface area contributed by atoms with Crippen molar-refractivity contribution in [2.75, 3.05) is 26.5 Å². The molecule has 1 amide bonds.